The fourth-order valence-corrected chi connectivity index (χ4v) is 3.30. The summed E-state index contributed by atoms with van der Waals surface area (Å²) in [7, 11) is 0. The molecule has 0 radical (unpaired) electrons. The number of hydrogen-bond acceptors (Lipinski definition) is 3. The van der Waals surface area contributed by atoms with Gasteiger partial charge in [-0.25, -0.2) is 0 Å². The number of H-pyrrole nitrogens is 1. The minimum Gasteiger partial charge on any atom is -0.351 e. The summed E-state index contributed by atoms with van der Waals surface area (Å²) in [5.41, 5.74) is 4.55. The zero-order chi connectivity index (χ0) is 17.0. The summed E-state index contributed by atoms with van der Waals surface area (Å²) in [5, 5.41) is 2.82. The van der Waals surface area contributed by atoms with Crippen LogP contribution in [0.1, 0.15) is 27.9 Å². The number of rotatable bonds is 5. The maximum atomic E-state index is 12.0. The van der Waals surface area contributed by atoms with E-state index in [0.717, 1.165) is 16.2 Å². The second-order valence-corrected chi connectivity index (χ2v) is 6.79. The highest BCUT2D eigenvalue weighted by molar-refractivity contribution is 8.00. The predicted octanol–water partition coefficient (Wildman–Crippen LogP) is 3.02. The van der Waals surface area contributed by atoms with E-state index in [9.17, 15) is 9.59 Å². The van der Waals surface area contributed by atoms with Crippen LogP contribution >= 0.6 is 11.8 Å². The summed E-state index contributed by atoms with van der Waals surface area (Å²) in [6, 6.07) is 8.12. The number of hydrogen-bond donors (Lipinski definition) is 2. The molecule has 1 amide bonds. The smallest absolute Gasteiger partial charge is 0.253 e. The molecule has 0 spiro atoms. The van der Waals surface area contributed by atoms with Gasteiger partial charge in [-0.3, -0.25) is 9.59 Å². The molecular weight excluding hydrogens is 308 g/mol. The first kappa shape index (κ1) is 17.3. The average molecular weight is 330 g/mol. The molecule has 0 saturated heterocycles. The van der Waals surface area contributed by atoms with Gasteiger partial charge >= 0.3 is 0 Å². The number of carbonyl (C=O) groups excluding carboxylic acids is 1. The number of carbonyl (C=O) groups is 1. The zero-order valence-electron chi connectivity index (χ0n) is 13.9. The van der Waals surface area contributed by atoms with Crippen molar-refractivity contribution in [1.82, 2.24) is 10.3 Å². The lowest BCUT2D eigenvalue weighted by atomic mass is 10.1. The van der Waals surface area contributed by atoms with E-state index >= 15 is 0 Å². The van der Waals surface area contributed by atoms with E-state index in [4.69, 9.17) is 0 Å². The van der Waals surface area contributed by atoms with Gasteiger partial charge in [-0.15, -0.1) is 11.8 Å². The van der Waals surface area contributed by atoms with E-state index in [0.29, 0.717) is 11.3 Å². The van der Waals surface area contributed by atoms with E-state index in [-0.39, 0.29) is 18.0 Å². The lowest BCUT2D eigenvalue weighted by Crippen LogP contribution is -2.29. The van der Waals surface area contributed by atoms with E-state index in [2.05, 4.69) is 28.5 Å². The van der Waals surface area contributed by atoms with Gasteiger partial charge in [0.2, 0.25) is 5.91 Å². The molecule has 2 rings (SSSR count). The first-order chi connectivity index (χ1) is 10.9. The third kappa shape index (κ3) is 4.73. The number of pyridine rings is 1. The molecule has 2 aromatic rings. The van der Waals surface area contributed by atoms with Gasteiger partial charge in [0, 0.05) is 22.7 Å². The van der Waals surface area contributed by atoms with Crippen LogP contribution in [0.2, 0.25) is 0 Å². The van der Waals surface area contributed by atoms with E-state index < -0.39 is 0 Å². The highest BCUT2D eigenvalue weighted by Gasteiger charge is 2.09. The van der Waals surface area contributed by atoms with Gasteiger partial charge in [0.25, 0.3) is 5.56 Å². The van der Waals surface area contributed by atoms with Crippen molar-refractivity contribution >= 4 is 17.7 Å². The van der Waals surface area contributed by atoms with Crippen molar-refractivity contribution < 1.29 is 4.79 Å². The Balaban J connectivity index is 1.93. The summed E-state index contributed by atoms with van der Waals surface area (Å²) < 4.78 is 0. The second-order valence-electron chi connectivity index (χ2n) is 5.78. The predicted molar refractivity (Wildman–Crippen MR) is 95.0 cm³/mol. The summed E-state index contributed by atoms with van der Waals surface area (Å²) in [5.74, 6) is 0.267. The molecule has 1 heterocycles. The van der Waals surface area contributed by atoms with E-state index in [1.54, 1.807) is 0 Å². The molecule has 0 bridgehead atoms. The van der Waals surface area contributed by atoms with Crippen molar-refractivity contribution in [2.75, 3.05) is 5.75 Å². The maximum Gasteiger partial charge on any atom is 0.253 e. The summed E-state index contributed by atoms with van der Waals surface area (Å²) in [6.45, 7) is 8.06. The van der Waals surface area contributed by atoms with Gasteiger partial charge in [0.1, 0.15) is 0 Å². The van der Waals surface area contributed by atoms with Crippen LogP contribution < -0.4 is 10.9 Å². The molecule has 4 nitrogen and oxygen atoms in total. The van der Waals surface area contributed by atoms with E-state index in [1.165, 1.54) is 22.9 Å². The second kappa shape index (κ2) is 7.51. The summed E-state index contributed by atoms with van der Waals surface area (Å²) in [4.78, 5) is 27.8. The third-order valence-corrected chi connectivity index (χ3v) is 4.82. The van der Waals surface area contributed by atoms with Crippen molar-refractivity contribution in [3.8, 4) is 0 Å². The minimum absolute atomic E-state index is 0.0738. The SMILES string of the molecule is Cc1ccc(C)c(SCC(=O)NCc2c(C)cc(C)[nH]c2=O)c1. The van der Waals surface area contributed by atoms with Crippen molar-refractivity contribution in [1.29, 1.82) is 0 Å². The van der Waals surface area contributed by atoms with Gasteiger partial charge in [0.05, 0.1) is 5.75 Å². The molecule has 2 N–H and O–H groups in total. The summed E-state index contributed by atoms with van der Waals surface area (Å²) in [6.07, 6.45) is 0. The Bertz CT molecular complexity index is 781. The molecule has 1 aromatic carbocycles. The van der Waals surface area contributed by atoms with Gasteiger partial charge in [-0.05, 0) is 51.0 Å². The first-order valence-corrected chi connectivity index (χ1v) is 8.51. The van der Waals surface area contributed by atoms with Crippen molar-refractivity contribution in [3.05, 3.63) is 62.6 Å². The monoisotopic (exact) mass is 330 g/mol. The standard InChI is InChI=1S/C18H22N2O2S/c1-11-5-6-12(2)16(7-11)23-10-17(21)19-9-15-13(3)8-14(4)20-18(15)22/h5-8H,9-10H2,1-4H3,(H,19,21)(H,20,22). The molecule has 23 heavy (non-hydrogen) atoms. The molecule has 0 aliphatic heterocycles. The molecule has 0 aliphatic carbocycles. The molecule has 0 saturated carbocycles. The van der Waals surface area contributed by atoms with E-state index in [1.807, 2.05) is 33.8 Å². The molecule has 0 fully saturated rings. The average Bonchev–Trinajstić information content (AvgIpc) is 2.47. The Morgan fingerprint density at radius 3 is 2.57 bits per heavy atom. The number of aryl methyl sites for hydroxylation is 4. The highest BCUT2D eigenvalue weighted by atomic mass is 32.2. The van der Waals surface area contributed by atoms with Gasteiger partial charge < -0.3 is 10.3 Å². The van der Waals surface area contributed by atoms with Crippen molar-refractivity contribution in [2.45, 2.75) is 39.1 Å². The Kier molecular flexibility index (Phi) is 5.66. The van der Waals surface area contributed by atoms with Crippen LogP contribution in [0.5, 0.6) is 0 Å². The Labute approximate surface area is 140 Å². The minimum atomic E-state index is -0.134. The number of aromatic nitrogens is 1. The van der Waals surface area contributed by atoms with Gasteiger partial charge in [-0.2, -0.15) is 0 Å². The zero-order valence-corrected chi connectivity index (χ0v) is 14.8. The van der Waals surface area contributed by atoms with Crippen LogP contribution in [0, 0.1) is 27.7 Å². The van der Waals surface area contributed by atoms with Crippen LogP contribution in [-0.4, -0.2) is 16.6 Å². The molecule has 1 aromatic heterocycles. The normalized spacial score (nSPS) is 10.6. The lowest BCUT2D eigenvalue weighted by molar-refractivity contribution is -0.118. The number of thioether (sulfide) groups is 1. The topological polar surface area (TPSA) is 62.0 Å². The van der Waals surface area contributed by atoms with Crippen LogP contribution in [0.4, 0.5) is 0 Å². The van der Waals surface area contributed by atoms with Gasteiger partial charge in [-0.1, -0.05) is 17.7 Å². The quantitative estimate of drug-likeness (QED) is 0.829. The van der Waals surface area contributed by atoms with Crippen molar-refractivity contribution in [2.24, 2.45) is 0 Å². The van der Waals surface area contributed by atoms with Crippen molar-refractivity contribution in [3.63, 3.8) is 0 Å². The highest BCUT2D eigenvalue weighted by Crippen LogP contribution is 2.23. The van der Waals surface area contributed by atoms with Gasteiger partial charge in [0.15, 0.2) is 0 Å². The van der Waals surface area contributed by atoms with Crippen LogP contribution in [0.25, 0.3) is 0 Å². The molecular formula is C18H22N2O2S. The third-order valence-electron chi connectivity index (χ3n) is 3.66. The molecule has 5 heteroatoms. The first-order valence-electron chi connectivity index (χ1n) is 7.53. The van der Waals surface area contributed by atoms with Crippen LogP contribution in [-0.2, 0) is 11.3 Å². The van der Waals surface area contributed by atoms with Crippen LogP contribution in [0.3, 0.4) is 0 Å². The van der Waals surface area contributed by atoms with Crippen LogP contribution in [0.15, 0.2) is 34.0 Å². The Morgan fingerprint density at radius 1 is 1.13 bits per heavy atom. The lowest BCUT2D eigenvalue weighted by Gasteiger charge is -2.09. The molecule has 0 atom stereocenters. The molecule has 0 unspecified atom stereocenters. The number of amides is 1. The Morgan fingerprint density at radius 2 is 1.87 bits per heavy atom. The molecule has 0 aliphatic rings. The largest absolute Gasteiger partial charge is 0.351 e. The number of aromatic amines is 1. The number of benzene rings is 1. The molecule has 122 valence electrons. The maximum absolute atomic E-state index is 12.0. The number of nitrogens with one attached hydrogen (secondary N) is 2. The summed E-state index contributed by atoms with van der Waals surface area (Å²) >= 11 is 1.52. The fraction of sp³-hybridized carbons (Fsp3) is 0.333. The fourth-order valence-electron chi connectivity index (χ4n) is 2.35. The Hall–Kier alpha value is -2.01.